The number of aliphatic hydroxyl groups is 1. The summed E-state index contributed by atoms with van der Waals surface area (Å²) in [6, 6.07) is 1.55. The molecule has 1 fully saturated rings. The molecule has 24 heavy (non-hydrogen) atoms. The van der Waals surface area contributed by atoms with Gasteiger partial charge in [-0.15, -0.1) is 0 Å². The standard InChI is InChI=1S/C16H21N5O3/c1-11-9-13(21(23)24)10-18-15(11)20-6-3-12(4-7-20)14(22)16-17-5-8-19(16)2/h5,8-10,12,14,22H,3-4,6-7H2,1-2H3. The van der Waals surface area contributed by atoms with Gasteiger partial charge in [0.05, 0.1) is 4.92 Å². The van der Waals surface area contributed by atoms with Gasteiger partial charge < -0.3 is 14.6 Å². The Morgan fingerprint density at radius 1 is 1.38 bits per heavy atom. The van der Waals surface area contributed by atoms with Crippen LogP contribution in [-0.4, -0.2) is 37.7 Å². The lowest BCUT2D eigenvalue weighted by Crippen LogP contribution is -2.37. The molecule has 0 saturated carbocycles. The van der Waals surface area contributed by atoms with Crippen LogP contribution < -0.4 is 4.90 Å². The maximum atomic E-state index is 10.8. The summed E-state index contributed by atoms with van der Waals surface area (Å²) in [6.45, 7) is 3.36. The molecule has 3 heterocycles. The fraction of sp³-hybridized carbons (Fsp3) is 0.500. The third kappa shape index (κ3) is 3.09. The first-order valence-corrected chi connectivity index (χ1v) is 7.98. The molecule has 0 bridgehead atoms. The number of nitrogens with zero attached hydrogens (tertiary/aromatic N) is 5. The number of anilines is 1. The number of rotatable bonds is 4. The smallest absolute Gasteiger partial charge is 0.287 e. The predicted octanol–water partition coefficient (Wildman–Crippen LogP) is 1.98. The lowest BCUT2D eigenvalue weighted by Gasteiger charge is -2.35. The average Bonchev–Trinajstić information content (AvgIpc) is 3.00. The van der Waals surface area contributed by atoms with Crippen LogP contribution in [0.2, 0.25) is 0 Å². The molecule has 128 valence electrons. The molecule has 3 rings (SSSR count). The molecule has 8 heteroatoms. The topological polar surface area (TPSA) is 97.3 Å². The zero-order chi connectivity index (χ0) is 17.3. The fourth-order valence-corrected chi connectivity index (χ4v) is 3.28. The van der Waals surface area contributed by atoms with Gasteiger partial charge in [0.15, 0.2) is 0 Å². The minimum absolute atomic E-state index is 0.0105. The molecule has 8 nitrogen and oxygen atoms in total. The van der Waals surface area contributed by atoms with Crippen molar-refractivity contribution in [2.45, 2.75) is 25.9 Å². The highest BCUT2D eigenvalue weighted by atomic mass is 16.6. The van der Waals surface area contributed by atoms with Crippen LogP contribution in [0.1, 0.15) is 30.3 Å². The minimum Gasteiger partial charge on any atom is -0.385 e. The molecule has 0 aromatic carbocycles. The van der Waals surface area contributed by atoms with E-state index in [4.69, 9.17) is 0 Å². The van der Waals surface area contributed by atoms with Gasteiger partial charge in [0.2, 0.25) is 0 Å². The first-order valence-electron chi connectivity index (χ1n) is 7.98. The number of hydrogen-bond acceptors (Lipinski definition) is 6. The molecular formula is C16H21N5O3. The number of aromatic nitrogens is 3. The van der Waals surface area contributed by atoms with Crippen LogP contribution in [0.3, 0.4) is 0 Å². The monoisotopic (exact) mass is 331 g/mol. The number of aliphatic hydroxyl groups excluding tert-OH is 1. The summed E-state index contributed by atoms with van der Waals surface area (Å²) < 4.78 is 1.85. The van der Waals surface area contributed by atoms with E-state index in [1.165, 1.54) is 6.20 Å². The van der Waals surface area contributed by atoms with Crippen LogP contribution in [0.25, 0.3) is 0 Å². The Morgan fingerprint density at radius 2 is 2.08 bits per heavy atom. The van der Waals surface area contributed by atoms with E-state index in [0.29, 0.717) is 5.82 Å². The lowest BCUT2D eigenvalue weighted by molar-refractivity contribution is -0.385. The molecule has 1 atom stereocenters. The molecule has 0 spiro atoms. The van der Waals surface area contributed by atoms with Crippen molar-refractivity contribution in [3.8, 4) is 0 Å². The van der Waals surface area contributed by atoms with Crippen molar-refractivity contribution in [3.63, 3.8) is 0 Å². The summed E-state index contributed by atoms with van der Waals surface area (Å²) in [6.07, 6.45) is 5.91. The molecule has 0 radical (unpaired) electrons. The van der Waals surface area contributed by atoms with Crippen molar-refractivity contribution in [3.05, 3.63) is 46.2 Å². The molecule has 1 aliphatic heterocycles. The Hall–Kier alpha value is -2.48. The van der Waals surface area contributed by atoms with Gasteiger partial charge in [-0.05, 0) is 31.2 Å². The molecule has 1 saturated heterocycles. The Bertz CT molecular complexity index is 737. The maximum Gasteiger partial charge on any atom is 0.287 e. The van der Waals surface area contributed by atoms with Gasteiger partial charge >= 0.3 is 0 Å². The van der Waals surface area contributed by atoms with Gasteiger partial charge in [0, 0.05) is 38.6 Å². The van der Waals surface area contributed by atoms with Crippen LogP contribution in [0.15, 0.2) is 24.7 Å². The Kier molecular flexibility index (Phi) is 4.48. The van der Waals surface area contributed by atoms with E-state index >= 15 is 0 Å². The largest absolute Gasteiger partial charge is 0.385 e. The second-order valence-corrected chi connectivity index (χ2v) is 6.26. The molecule has 1 aliphatic rings. The summed E-state index contributed by atoms with van der Waals surface area (Å²) in [5.41, 5.74) is 0.809. The third-order valence-electron chi connectivity index (χ3n) is 4.66. The Labute approximate surface area is 139 Å². The van der Waals surface area contributed by atoms with Crippen LogP contribution in [0.5, 0.6) is 0 Å². The van der Waals surface area contributed by atoms with Crippen molar-refractivity contribution in [2.24, 2.45) is 13.0 Å². The maximum absolute atomic E-state index is 10.8. The molecule has 1 N–H and O–H groups in total. The minimum atomic E-state index is -0.571. The first kappa shape index (κ1) is 16.4. The number of imidazole rings is 1. The Morgan fingerprint density at radius 3 is 2.62 bits per heavy atom. The van der Waals surface area contributed by atoms with E-state index in [9.17, 15) is 15.2 Å². The van der Waals surface area contributed by atoms with Crippen LogP contribution >= 0.6 is 0 Å². The molecule has 0 amide bonds. The van der Waals surface area contributed by atoms with Gasteiger partial charge in [0.25, 0.3) is 5.69 Å². The van der Waals surface area contributed by atoms with Gasteiger partial charge in [-0.1, -0.05) is 0 Å². The quantitative estimate of drug-likeness (QED) is 0.679. The van der Waals surface area contributed by atoms with Gasteiger partial charge in [-0.25, -0.2) is 9.97 Å². The lowest BCUT2D eigenvalue weighted by atomic mass is 9.90. The highest BCUT2D eigenvalue weighted by Crippen LogP contribution is 2.32. The third-order valence-corrected chi connectivity index (χ3v) is 4.66. The van der Waals surface area contributed by atoms with E-state index < -0.39 is 11.0 Å². The zero-order valence-corrected chi connectivity index (χ0v) is 13.8. The van der Waals surface area contributed by atoms with Gasteiger partial charge in [0.1, 0.15) is 23.9 Å². The average molecular weight is 331 g/mol. The van der Waals surface area contributed by atoms with E-state index in [1.807, 2.05) is 24.7 Å². The van der Waals surface area contributed by atoms with E-state index in [2.05, 4.69) is 14.9 Å². The van der Waals surface area contributed by atoms with Gasteiger partial charge in [-0.3, -0.25) is 10.1 Å². The van der Waals surface area contributed by atoms with Gasteiger partial charge in [-0.2, -0.15) is 0 Å². The van der Waals surface area contributed by atoms with Crippen molar-refractivity contribution in [1.29, 1.82) is 0 Å². The molecule has 2 aromatic rings. The predicted molar refractivity (Wildman–Crippen MR) is 88.7 cm³/mol. The second kappa shape index (κ2) is 6.56. The van der Waals surface area contributed by atoms with Crippen molar-refractivity contribution in [2.75, 3.05) is 18.0 Å². The summed E-state index contributed by atoms with van der Waals surface area (Å²) in [4.78, 5) is 21.0. The first-order chi connectivity index (χ1) is 11.5. The van der Waals surface area contributed by atoms with E-state index in [0.717, 1.165) is 37.3 Å². The molecule has 2 aromatic heterocycles. The van der Waals surface area contributed by atoms with Crippen LogP contribution in [0, 0.1) is 23.0 Å². The summed E-state index contributed by atoms with van der Waals surface area (Å²) in [7, 11) is 1.88. The molecular weight excluding hydrogens is 310 g/mol. The van der Waals surface area contributed by atoms with Crippen molar-refractivity contribution < 1.29 is 10.0 Å². The van der Waals surface area contributed by atoms with Crippen molar-refractivity contribution in [1.82, 2.24) is 14.5 Å². The summed E-state index contributed by atoms with van der Waals surface area (Å²) in [5.74, 6) is 1.63. The van der Waals surface area contributed by atoms with Crippen molar-refractivity contribution >= 4 is 11.5 Å². The van der Waals surface area contributed by atoms with Crippen LogP contribution in [-0.2, 0) is 7.05 Å². The highest BCUT2D eigenvalue weighted by molar-refractivity contribution is 5.50. The number of pyridine rings is 1. The summed E-state index contributed by atoms with van der Waals surface area (Å²) >= 11 is 0. The number of hydrogen-bond donors (Lipinski definition) is 1. The second-order valence-electron chi connectivity index (χ2n) is 6.26. The fourth-order valence-electron chi connectivity index (χ4n) is 3.28. The Balaban J connectivity index is 1.67. The molecule has 1 unspecified atom stereocenters. The SMILES string of the molecule is Cc1cc([N+](=O)[O-])cnc1N1CCC(C(O)c2nccn2C)CC1. The normalized spacial score (nSPS) is 17.0. The summed E-state index contributed by atoms with van der Waals surface area (Å²) in [5, 5.41) is 21.3. The zero-order valence-electron chi connectivity index (χ0n) is 13.8. The van der Waals surface area contributed by atoms with Crippen LogP contribution in [0.4, 0.5) is 11.5 Å². The molecule has 0 aliphatic carbocycles. The number of aryl methyl sites for hydroxylation is 2. The van der Waals surface area contributed by atoms with E-state index in [1.54, 1.807) is 12.3 Å². The highest BCUT2D eigenvalue weighted by Gasteiger charge is 2.29. The number of nitro groups is 1. The number of piperidine rings is 1. The van der Waals surface area contributed by atoms with E-state index in [-0.39, 0.29) is 11.6 Å².